The number of hydrogen-bond acceptors (Lipinski definition) is 5. The number of amides is 2. The number of anilines is 1. The van der Waals surface area contributed by atoms with Crippen LogP contribution in [-0.2, 0) is 9.59 Å². The van der Waals surface area contributed by atoms with E-state index in [2.05, 4.69) is 10.3 Å². The van der Waals surface area contributed by atoms with E-state index in [0.29, 0.717) is 22.3 Å². The number of benzene rings is 3. The molecule has 0 saturated heterocycles. The average Bonchev–Trinajstić information content (AvgIpc) is 3.45. The smallest absolute Gasteiger partial charge is 0.262 e. The molecule has 0 fully saturated rings. The van der Waals surface area contributed by atoms with Gasteiger partial charge in [-0.3, -0.25) is 9.59 Å². The lowest BCUT2D eigenvalue weighted by Crippen LogP contribution is -2.25. The number of carbonyl (C=O) groups is 2. The molecule has 6 nitrogen and oxygen atoms in total. The molecule has 0 aliphatic carbocycles. The standard InChI is InChI=1S/C26H19ClF2N4O2S/c27-17-5-1-16(2-6-17)22-13-21(15-3-7-18(28)8-4-15)32-33(22)26-31-25(35)23(36-26)14-24(34)30-20-11-9-19(29)10-12-20/h1-12,22-23H,13-14H2,(H,30,34)/t22-,23+/m0/s1. The first kappa shape index (κ1) is 24.1. The minimum absolute atomic E-state index is 0.0954. The second-order valence-corrected chi connectivity index (χ2v) is 9.87. The molecule has 3 aromatic carbocycles. The average molecular weight is 525 g/mol. The summed E-state index contributed by atoms with van der Waals surface area (Å²) < 4.78 is 26.6. The molecule has 0 bridgehead atoms. The SMILES string of the molecule is O=C(C[C@H]1SC(N2N=C(c3ccc(F)cc3)C[C@H]2c2ccc(Cl)cc2)=NC1=O)Nc1ccc(F)cc1. The molecule has 1 N–H and O–H groups in total. The number of thioether (sulfide) groups is 1. The number of hydrogen-bond donors (Lipinski definition) is 1. The summed E-state index contributed by atoms with van der Waals surface area (Å²) in [6.45, 7) is 0. The highest BCUT2D eigenvalue weighted by Crippen LogP contribution is 2.39. The fourth-order valence-electron chi connectivity index (χ4n) is 3.97. The molecule has 36 heavy (non-hydrogen) atoms. The maximum Gasteiger partial charge on any atom is 0.262 e. The van der Waals surface area contributed by atoms with Crippen molar-refractivity contribution in [2.75, 3.05) is 5.32 Å². The number of amidine groups is 1. The minimum Gasteiger partial charge on any atom is -0.326 e. The van der Waals surface area contributed by atoms with Crippen molar-refractivity contribution in [1.29, 1.82) is 0 Å². The van der Waals surface area contributed by atoms with Crippen molar-refractivity contribution in [1.82, 2.24) is 5.01 Å². The number of carbonyl (C=O) groups excluding carboxylic acids is 2. The molecule has 2 heterocycles. The van der Waals surface area contributed by atoms with Crippen molar-refractivity contribution in [3.05, 3.63) is 101 Å². The third-order valence-electron chi connectivity index (χ3n) is 5.77. The van der Waals surface area contributed by atoms with Gasteiger partial charge in [0, 0.05) is 23.6 Å². The van der Waals surface area contributed by atoms with E-state index in [1.807, 2.05) is 12.1 Å². The Morgan fingerprint density at radius 1 is 1.00 bits per heavy atom. The normalized spacial score (nSPS) is 19.3. The maximum atomic E-state index is 13.4. The van der Waals surface area contributed by atoms with Crippen LogP contribution in [0.3, 0.4) is 0 Å². The van der Waals surface area contributed by atoms with Gasteiger partial charge in [0.05, 0.1) is 11.8 Å². The maximum absolute atomic E-state index is 13.4. The third kappa shape index (κ3) is 5.32. The van der Waals surface area contributed by atoms with Crippen LogP contribution < -0.4 is 5.32 Å². The molecular weight excluding hydrogens is 506 g/mol. The van der Waals surface area contributed by atoms with E-state index in [1.165, 1.54) is 48.2 Å². The fourth-order valence-corrected chi connectivity index (χ4v) is 5.15. The first-order valence-electron chi connectivity index (χ1n) is 11.1. The van der Waals surface area contributed by atoms with Crippen molar-refractivity contribution in [2.45, 2.75) is 24.1 Å². The summed E-state index contributed by atoms with van der Waals surface area (Å²) in [5, 5.41) is 9.35. The predicted molar refractivity (Wildman–Crippen MR) is 137 cm³/mol. The first-order valence-corrected chi connectivity index (χ1v) is 12.3. The van der Waals surface area contributed by atoms with Crippen molar-refractivity contribution in [3.8, 4) is 0 Å². The zero-order valence-electron chi connectivity index (χ0n) is 18.7. The van der Waals surface area contributed by atoms with Crippen molar-refractivity contribution in [3.63, 3.8) is 0 Å². The molecule has 2 atom stereocenters. The van der Waals surface area contributed by atoms with Crippen LogP contribution in [0, 0.1) is 11.6 Å². The highest BCUT2D eigenvalue weighted by atomic mass is 35.5. The van der Waals surface area contributed by atoms with Crippen molar-refractivity contribution in [2.24, 2.45) is 10.1 Å². The summed E-state index contributed by atoms with van der Waals surface area (Å²) >= 11 is 7.24. The lowest BCUT2D eigenvalue weighted by Gasteiger charge is -2.23. The van der Waals surface area contributed by atoms with Crippen LogP contribution in [0.1, 0.15) is 30.0 Å². The van der Waals surface area contributed by atoms with Crippen LogP contribution in [0.25, 0.3) is 0 Å². The van der Waals surface area contributed by atoms with E-state index in [0.717, 1.165) is 16.8 Å². The molecule has 10 heteroatoms. The lowest BCUT2D eigenvalue weighted by molar-refractivity contribution is -0.121. The molecule has 3 aromatic rings. The van der Waals surface area contributed by atoms with E-state index >= 15 is 0 Å². The number of aliphatic imine (C=N–C) groups is 1. The van der Waals surface area contributed by atoms with Crippen molar-refractivity contribution < 1.29 is 18.4 Å². The summed E-state index contributed by atoms with van der Waals surface area (Å²) in [5.41, 5.74) is 2.86. The number of rotatable bonds is 5. The Balaban J connectivity index is 1.35. The van der Waals surface area contributed by atoms with Crippen LogP contribution >= 0.6 is 23.4 Å². The molecule has 0 radical (unpaired) electrons. The summed E-state index contributed by atoms with van der Waals surface area (Å²) in [7, 11) is 0. The molecule has 2 aliphatic rings. The van der Waals surface area contributed by atoms with Gasteiger partial charge in [-0.15, -0.1) is 0 Å². The quantitative estimate of drug-likeness (QED) is 0.458. The predicted octanol–water partition coefficient (Wildman–Crippen LogP) is 5.80. The van der Waals surface area contributed by atoms with Gasteiger partial charge in [0.25, 0.3) is 5.91 Å². The number of halogens is 3. The molecule has 0 aromatic heterocycles. The third-order valence-corrected chi connectivity index (χ3v) is 7.16. The van der Waals surface area contributed by atoms with E-state index in [9.17, 15) is 18.4 Å². The van der Waals surface area contributed by atoms with Crippen LogP contribution in [-0.4, -0.2) is 33.0 Å². The molecule has 0 spiro atoms. The molecule has 2 amide bonds. The molecular formula is C26H19ClF2N4O2S. The van der Waals surface area contributed by atoms with Gasteiger partial charge in [0.15, 0.2) is 5.17 Å². The van der Waals surface area contributed by atoms with Gasteiger partial charge < -0.3 is 5.32 Å². The van der Waals surface area contributed by atoms with Gasteiger partial charge in [-0.1, -0.05) is 47.6 Å². The summed E-state index contributed by atoms with van der Waals surface area (Å²) in [6, 6.07) is 18.5. The van der Waals surface area contributed by atoms with Gasteiger partial charge in [-0.25, -0.2) is 13.8 Å². The first-order chi connectivity index (χ1) is 17.4. The highest BCUT2D eigenvalue weighted by molar-refractivity contribution is 8.15. The largest absolute Gasteiger partial charge is 0.326 e. The Bertz CT molecular complexity index is 1360. The van der Waals surface area contributed by atoms with Crippen molar-refractivity contribution >= 4 is 51.7 Å². The second-order valence-electron chi connectivity index (χ2n) is 8.27. The molecule has 5 rings (SSSR count). The lowest BCUT2D eigenvalue weighted by atomic mass is 9.99. The van der Waals surface area contributed by atoms with E-state index in [4.69, 9.17) is 16.7 Å². The topological polar surface area (TPSA) is 74.1 Å². The summed E-state index contributed by atoms with van der Waals surface area (Å²) in [4.78, 5) is 29.4. The van der Waals surface area contributed by atoms with Crippen LogP contribution in [0.4, 0.5) is 14.5 Å². The van der Waals surface area contributed by atoms with Gasteiger partial charge in [-0.05, 0) is 59.7 Å². The zero-order valence-corrected chi connectivity index (χ0v) is 20.3. The Morgan fingerprint density at radius 2 is 1.64 bits per heavy atom. The Morgan fingerprint density at radius 3 is 2.31 bits per heavy atom. The van der Waals surface area contributed by atoms with Gasteiger partial charge in [0.2, 0.25) is 5.91 Å². The number of nitrogens with one attached hydrogen (secondary N) is 1. The van der Waals surface area contributed by atoms with Gasteiger partial charge in [-0.2, -0.15) is 10.1 Å². The summed E-state index contributed by atoms with van der Waals surface area (Å²) in [6.07, 6.45) is 0.415. The Kier molecular flexibility index (Phi) is 6.84. The Labute approximate surface area is 215 Å². The fraction of sp³-hybridized carbons (Fsp3) is 0.154. The van der Waals surface area contributed by atoms with Crippen LogP contribution in [0.15, 0.2) is 82.9 Å². The van der Waals surface area contributed by atoms with Gasteiger partial charge in [0.1, 0.15) is 16.9 Å². The molecule has 2 aliphatic heterocycles. The zero-order chi connectivity index (χ0) is 25.2. The number of hydrazone groups is 1. The monoisotopic (exact) mass is 524 g/mol. The van der Waals surface area contributed by atoms with Gasteiger partial charge >= 0.3 is 0 Å². The summed E-state index contributed by atoms with van der Waals surface area (Å²) in [5.74, 6) is -1.56. The van der Waals surface area contributed by atoms with E-state index in [-0.39, 0.29) is 24.2 Å². The van der Waals surface area contributed by atoms with E-state index in [1.54, 1.807) is 29.3 Å². The molecule has 0 unspecified atom stereocenters. The van der Waals surface area contributed by atoms with Crippen LogP contribution in [0.2, 0.25) is 5.02 Å². The second kappa shape index (κ2) is 10.2. The van der Waals surface area contributed by atoms with Crippen LogP contribution in [0.5, 0.6) is 0 Å². The highest BCUT2D eigenvalue weighted by Gasteiger charge is 2.39. The van der Waals surface area contributed by atoms with E-state index < -0.39 is 17.0 Å². The number of nitrogens with zero attached hydrogens (tertiary/aromatic N) is 3. The molecule has 0 saturated carbocycles. The molecule has 182 valence electrons. The minimum atomic E-state index is -0.712. The Hall–Kier alpha value is -3.56.